The monoisotopic (exact) mass is 348 g/mol. The van der Waals surface area contributed by atoms with Crippen LogP contribution in [-0.2, 0) is 12.8 Å². The number of likely N-dealkylation sites (tertiary alicyclic amines) is 1. The van der Waals surface area contributed by atoms with Crippen LogP contribution in [0.15, 0.2) is 22.7 Å². The van der Waals surface area contributed by atoms with Crippen LogP contribution in [0.1, 0.15) is 30.9 Å². The Morgan fingerprint density at radius 3 is 3.05 bits per heavy atom. The lowest BCUT2D eigenvalue weighted by molar-refractivity contribution is 0.141. The molecule has 0 radical (unpaired) electrons. The summed E-state index contributed by atoms with van der Waals surface area (Å²) >= 11 is 3.61. The smallest absolute Gasteiger partial charge is 0.0178 e. The molecular formula is C18H25BrN2. The predicted molar refractivity (Wildman–Crippen MR) is 90.6 cm³/mol. The molecule has 0 amide bonds. The molecule has 1 N–H and O–H groups in total. The van der Waals surface area contributed by atoms with Crippen LogP contribution in [0, 0.1) is 11.8 Å². The van der Waals surface area contributed by atoms with E-state index in [0.29, 0.717) is 0 Å². The molecule has 2 fully saturated rings. The van der Waals surface area contributed by atoms with Crippen LogP contribution in [0.3, 0.4) is 0 Å². The van der Waals surface area contributed by atoms with Gasteiger partial charge in [0, 0.05) is 23.1 Å². The Balaban J connectivity index is 1.54. The molecule has 1 aromatic carbocycles. The van der Waals surface area contributed by atoms with Crippen LogP contribution in [0.4, 0.5) is 0 Å². The Morgan fingerprint density at radius 2 is 2.19 bits per heavy atom. The van der Waals surface area contributed by atoms with Gasteiger partial charge in [0.05, 0.1) is 0 Å². The number of nitrogens with one attached hydrogen (secondary N) is 1. The lowest BCUT2D eigenvalue weighted by Gasteiger charge is -2.37. The van der Waals surface area contributed by atoms with Crippen molar-refractivity contribution >= 4 is 15.9 Å². The highest BCUT2D eigenvalue weighted by Crippen LogP contribution is 2.38. The number of aryl methyl sites for hydroxylation is 1. The maximum Gasteiger partial charge on any atom is 0.0178 e. The van der Waals surface area contributed by atoms with E-state index in [4.69, 9.17) is 0 Å². The fraction of sp³-hybridized carbons (Fsp3) is 0.667. The van der Waals surface area contributed by atoms with Crippen LogP contribution in [-0.4, -0.2) is 36.6 Å². The van der Waals surface area contributed by atoms with Gasteiger partial charge >= 0.3 is 0 Å². The molecule has 0 spiro atoms. The van der Waals surface area contributed by atoms with Crippen molar-refractivity contribution in [1.82, 2.24) is 10.2 Å². The average Bonchev–Trinajstić information content (AvgIpc) is 3.06. The fourth-order valence-corrected chi connectivity index (χ4v) is 5.41. The minimum absolute atomic E-state index is 0.772. The van der Waals surface area contributed by atoms with Crippen LogP contribution in [0.5, 0.6) is 0 Å². The van der Waals surface area contributed by atoms with E-state index in [1.54, 1.807) is 11.1 Å². The minimum atomic E-state index is 0.772. The standard InChI is InChI=1S/C18H25BrN2/c1-2-18-17-10-20-9-14(17)11-21(18)16-6-4-12-7-15(19)5-3-13(12)8-16/h3,5,7,14,16-18,20H,2,4,6,8-11H2,1H3. The SMILES string of the molecule is CCC1C2CNCC2CN1C1CCc2cc(Br)ccc2C1. The maximum atomic E-state index is 3.61. The predicted octanol–water partition coefficient (Wildman–Crippen LogP) is 3.24. The van der Waals surface area contributed by atoms with Gasteiger partial charge in [0.25, 0.3) is 0 Å². The Bertz CT molecular complexity index is 530. The Hall–Kier alpha value is -0.380. The van der Waals surface area contributed by atoms with E-state index in [9.17, 15) is 0 Å². The van der Waals surface area contributed by atoms with Crippen molar-refractivity contribution in [3.8, 4) is 0 Å². The van der Waals surface area contributed by atoms with Gasteiger partial charge in [-0.15, -0.1) is 0 Å². The molecule has 2 nitrogen and oxygen atoms in total. The first kappa shape index (κ1) is 14.2. The summed E-state index contributed by atoms with van der Waals surface area (Å²) in [6.45, 7) is 6.20. The van der Waals surface area contributed by atoms with Gasteiger partial charge in [-0.3, -0.25) is 4.90 Å². The Labute approximate surface area is 136 Å². The molecule has 2 aliphatic heterocycles. The number of halogens is 1. The lowest BCUT2D eigenvalue weighted by Crippen LogP contribution is -2.45. The van der Waals surface area contributed by atoms with Crippen LogP contribution < -0.4 is 5.32 Å². The van der Waals surface area contributed by atoms with Crippen molar-refractivity contribution < 1.29 is 0 Å². The highest BCUT2D eigenvalue weighted by Gasteiger charge is 2.45. The second kappa shape index (κ2) is 5.68. The summed E-state index contributed by atoms with van der Waals surface area (Å²) in [6, 6.07) is 8.46. The van der Waals surface area contributed by atoms with Gasteiger partial charge in [-0.1, -0.05) is 28.9 Å². The number of nitrogens with zero attached hydrogens (tertiary/aromatic N) is 1. The summed E-state index contributed by atoms with van der Waals surface area (Å²) in [7, 11) is 0. The van der Waals surface area contributed by atoms with Gasteiger partial charge in [0.1, 0.15) is 0 Å². The van der Waals surface area contributed by atoms with E-state index in [1.165, 1.54) is 49.8 Å². The van der Waals surface area contributed by atoms with Gasteiger partial charge in [-0.2, -0.15) is 0 Å². The molecular weight excluding hydrogens is 324 g/mol. The second-order valence-corrected chi connectivity index (χ2v) is 7.98. The molecule has 2 heterocycles. The molecule has 4 atom stereocenters. The van der Waals surface area contributed by atoms with E-state index in [1.807, 2.05) is 0 Å². The molecule has 4 unspecified atom stereocenters. The summed E-state index contributed by atoms with van der Waals surface area (Å²) in [5.74, 6) is 1.81. The third kappa shape index (κ3) is 2.47. The summed E-state index contributed by atoms with van der Waals surface area (Å²) in [5.41, 5.74) is 3.15. The number of rotatable bonds is 2. The Kier molecular flexibility index (Phi) is 3.85. The first-order chi connectivity index (χ1) is 10.3. The molecule has 3 aliphatic rings. The lowest BCUT2D eigenvalue weighted by atomic mass is 9.86. The highest BCUT2D eigenvalue weighted by molar-refractivity contribution is 9.10. The van der Waals surface area contributed by atoms with Gasteiger partial charge < -0.3 is 5.32 Å². The third-order valence-corrected chi connectivity index (χ3v) is 6.51. The van der Waals surface area contributed by atoms with Gasteiger partial charge in [0.15, 0.2) is 0 Å². The molecule has 21 heavy (non-hydrogen) atoms. The van der Waals surface area contributed by atoms with Gasteiger partial charge in [-0.05, 0) is 73.9 Å². The van der Waals surface area contributed by atoms with Crippen LogP contribution in [0.25, 0.3) is 0 Å². The summed E-state index contributed by atoms with van der Waals surface area (Å²) in [6.07, 6.45) is 5.16. The summed E-state index contributed by atoms with van der Waals surface area (Å²) in [5, 5.41) is 3.60. The van der Waals surface area contributed by atoms with E-state index in [-0.39, 0.29) is 0 Å². The van der Waals surface area contributed by atoms with Crippen molar-refractivity contribution in [2.24, 2.45) is 11.8 Å². The van der Waals surface area contributed by atoms with Crippen molar-refractivity contribution in [3.63, 3.8) is 0 Å². The van der Waals surface area contributed by atoms with Crippen molar-refractivity contribution in [2.75, 3.05) is 19.6 Å². The Morgan fingerprint density at radius 1 is 1.29 bits per heavy atom. The molecule has 0 aromatic heterocycles. The topological polar surface area (TPSA) is 15.3 Å². The average molecular weight is 349 g/mol. The number of fused-ring (bicyclic) bond motifs is 2. The number of hydrogen-bond acceptors (Lipinski definition) is 2. The van der Waals surface area contributed by atoms with E-state index in [0.717, 1.165) is 23.9 Å². The van der Waals surface area contributed by atoms with Crippen LogP contribution >= 0.6 is 15.9 Å². The van der Waals surface area contributed by atoms with Crippen molar-refractivity contribution in [2.45, 2.75) is 44.7 Å². The van der Waals surface area contributed by atoms with E-state index >= 15 is 0 Å². The van der Waals surface area contributed by atoms with E-state index < -0.39 is 0 Å². The zero-order valence-corrected chi connectivity index (χ0v) is 14.4. The first-order valence-corrected chi connectivity index (χ1v) is 9.29. The number of benzene rings is 1. The highest BCUT2D eigenvalue weighted by atomic mass is 79.9. The molecule has 3 heteroatoms. The number of hydrogen-bond donors (Lipinski definition) is 1. The van der Waals surface area contributed by atoms with Crippen LogP contribution in [0.2, 0.25) is 0 Å². The maximum absolute atomic E-state index is 3.61. The zero-order chi connectivity index (χ0) is 14.4. The zero-order valence-electron chi connectivity index (χ0n) is 12.8. The molecule has 1 aliphatic carbocycles. The van der Waals surface area contributed by atoms with Crippen molar-refractivity contribution in [3.05, 3.63) is 33.8 Å². The molecule has 0 saturated carbocycles. The normalized spacial score (nSPS) is 35.7. The molecule has 0 bridgehead atoms. The molecule has 4 rings (SSSR count). The molecule has 1 aromatic rings. The van der Waals surface area contributed by atoms with E-state index in [2.05, 4.69) is 51.3 Å². The van der Waals surface area contributed by atoms with Gasteiger partial charge in [0.2, 0.25) is 0 Å². The summed E-state index contributed by atoms with van der Waals surface area (Å²) < 4.78 is 1.23. The fourth-order valence-electron chi connectivity index (χ4n) is 5.00. The molecule has 2 saturated heterocycles. The third-order valence-electron chi connectivity index (χ3n) is 6.02. The van der Waals surface area contributed by atoms with Gasteiger partial charge in [-0.25, -0.2) is 0 Å². The quantitative estimate of drug-likeness (QED) is 0.882. The minimum Gasteiger partial charge on any atom is -0.316 e. The van der Waals surface area contributed by atoms with Crippen molar-refractivity contribution in [1.29, 1.82) is 0 Å². The second-order valence-electron chi connectivity index (χ2n) is 7.06. The summed E-state index contributed by atoms with van der Waals surface area (Å²) in [4.78, 5) is 2.88. The molecule has 114 valence electrons. The first-order valence-electron chi connectivity index (χ1n) is 8.50. The largest absolute Gasteiger partial charge is 0.316 e.